The van der Waals surface area contributed by atoms with Crippen LogP contribution in [0, 0.1) is 23.7 Å². The lowest BCUT2D eigenvalue weighted by molar-refractivity contribution is -0.179. The molecule has 0 aliphatic carbocycles. The minimum absolute atomic E-state index is 0.0439. The van der Waals surface area contributed by atoms with Gasteiger partial charge in [-0.25, -0.2) is 14.4 Å². The van der Waals surface area contributed by atoms with E-state index < -0.39 is 89.8 Å². The Labute approximate surface area is 320 Å². The van der Waals surface area contributed by atoms with E-state index in [1.54, 1.807) is 65.8 Å². The molecule has 3 amide bonds. The number of ether oxygens (including phenoxy) is 3. The van der Waals surface area contributed by atoms with Crippen molar-refractivity contribution in [2.75, 3.05) is 21.1 Å². The van der Waals surface area contributed by atoms with Crippen molar-refractivity contribution < 1.29 is 43.0 Å². The quantitative estimate of drug-likeness (QED) is 0.263. The van der Waals surface area contributed by atoms with Crippen molar-refractivity contribution in [1.29, 1.82) is 0 Å². The first-order valence-corrected chi connectivity index (χ1v) is 18.8. The Morgan fingerprint density at radius 2 is 0.741 bits per heavy atom. The molecule has 2 aromatic carbocycles. The van der Waals surface area contributed by atoms with Crippen molar-refractivity contribution in [3.8, 4) is 0 Å². The van der Waals surface area contributed by atoms with Gasteiger partial charge >= 0.3 is 17.9 Å². The van der Waals surface area contributed by atoms with E-state index >= 15 is 0 Å². The number of nitrogens with zero attached hydrogens (tertiary/aromatic N) is 3. The molecule has 0 N–H and O–H groups in total. The van der Waals surface area contributed by atoms with E-state index in [0.29, 0.717) is 0 Å². The minimum atomic E-state index is -1.35. The molecule has 0 aromatic heterocycles. The third kappa shape index (κ3) is 11.1. The van der Waals surface area contributed by atoms with Gasteiger partial charge in [0.25, 0.3) is 17.7 Å². The number of benzene rings is 2. The Hall–Kier alpha value is -4.74. The lowest BCUT2D eigenvalue weighted by atomic mass is 9.98. The van der Waals surface area contributed by atoms with Crippen LogP contribution in [0.1, 0.15) is 72.9 Å². The highest BCUT2D eigenvalue weighted by Gasteiger charge is 2.44. The van der Waals surface area contributed by atoms with Crippen LogP contribution in [0.5, 0.6) is 0 Å². The molecule has 1 heterocycles. The Morgan fingerprint density at radius 3 is 1.02 bits per heavy atom. The van der Waals surface area contributed by atoms with Crippen molar-refractivity contribution in [2.45, 2.75) is 111 Å². The molecule has 12 nitrogen and oxygen atoms in total. The summed E-state index contributed by atoms with van der Waals surface area (Å²) < 4.78 is 17.9. The van der Waals surface area contributed by atoms with E-state index in [-0.39, 0.29) is 25.2 Å². The lowest BCUT2D eigenvalue weighted by Gasteiger charge is -2.37. The molecule has 0 radical (unpaired) electrons. The summed E-state index contributed by atoms with van der Waals surface area (Å²) >= 11 is 0. The lowest BCUT2D eigenvalue weighted by Crippen LogP contribution is -2.56. The van der Waals surface area contributed by atoms with Gasteiger partial charge in [0.05, 0.1) is 0 Å². The van der Waals surface area contributed by atoms with Crippen LogP contribution in [0.3, 0.4) is 0 Å². The highest BCUT2D eigenvalue weighted by Crippen LogP contribution is 2.24. The second-order valence-electron chi connectivity index (χ2n) is 15.7. The normalized spacial score (nSPS) is 24.5. The van der Waals surface area contributed by atoms with Crippen LogP contribution in [-0.4, -0.2) is 108 Å². The summed E-state index contributed by atoms with van der Waals surface area (Å²) in [6.07, 6.45) is -3.71. The fourth-order valence-electron chi connectivity index (χ4n) is 6.38. The summed E-state index contributed by atoms with van der Waals surface area (Å²) in [6.45, 7) is 14.1. The molecule has 1 saturated heterocycles. The molecular formula is C42H59N3O9. The smallest absolute Gasteiger partial charge is 0.329 e. The van der Waals surface area contributed by atoms with Crippen LogP contribution in [-0.2, 0) is 55.8 Å². The molecule has 12 heteroatoms. The summed E-state index contributed by atoms with van der Waals surface area (Å²) in [5, 5.41) is 0. The fraction of sp³-hybridized carbons (Fsp3) is 0.571. The first-order chi connectivity index (χ1) is 25.3. The number of likely N-dealkylation sites (N-methyl/N-ethyl adjacent to an activating group) is 3. The molecule has 0 spiro atoms. The first-order valence-electron chi connectivity index (χ1n) is 18.8. The van der Waals surface area contributed by atoms with Gasteiger partial charge in [0, 0.05) is 34.0 Å². The average molecular weight is 750 g/mol. The molecule has 54 heavy (non-hydrogen) atoms. The Bertz CT molecular complexity index is 1550. The Morgan fingerprint density at radius 1 is 0.463 bits per heavy atom. The summed E-state index contributed by atoms with van der Waals surface area (Å²) in [7, 11) is 4.33. The van der Waals surface area contributed by atoms with Crippen LogP contribution < -0.4 is 0 Å². The van der Waals surface area contributed by atoms with Gasteiger partial charge < -0.3 is 28.9 Å². The largest absolute Gasteiger partial charge is 0.450 e. The second-order valence-corrected chi connectivity index (χ2v) is 15.7. The van der Waals surface area contributed by atoms with Crippen LogP contribution in [0.2, 0.25) is 0 Å². The molecule has 1 aliphatic heterocycles. The van der Waals surface area contributed by atoms with Crippen LogP contribution >= 0.6 is 0 Å². The molecule has 0 bridgehead atoms. The van der Waals surface area contributed by atoms with Gasteiger partial charge in [0.1, 0.15) is 18.1 Å². The maximum atomic E-state index is 14.4. The third-order valence-corrected chi connectivity index (χ3v) is 9.78. The zero-order chi connectivity index (χ0) is 40.4. The Balaban J connectivity index is 2.24. The molecule has 3 rings (SSSR count). The van der Waals surface area contributed by atoms with E-state index in [2.05, 4.69) is 0 Å². The molecule has 6 unspecified atom stereocenters. The second kappa shape index (κ2) is 19.5. The summed E-state index contributed by atoms with van der Waals surface area (Å²) in [5.41, 5.74) is 1.46. The van der Waals surface area contributed by atoms with Crippen molar-refractivity contribution in [2.24, 2.45) is 23.7 Å². The zero-order valence-corrected chi connectivity index (χ0v) is 33.7. The number of esters is 3. The summed E-state index contributed by atoms with van der Waals surface area (Å²) in [6, 6.07) is 14.6. The van der Waals surface area contributed by atoms with Crippen LogP contribution in [0.15, 0.2) is 60.7 Å². The molecule has 1 aliphatic rings. The maximum absolute atomic E-state index is 14.4. The predicted molar refractivity (Wildman–Crippen MR) is 204 cm³/mol. The van der Waals surface area contributed by atoms with E-state index in [4.69, 9.17) is 14.2 Å². The van der Waals surface area contributed by atoms with Crippen LogP contribution in [0.25, 0.3) is 0 Å². The zero-order valence-electron chi connectivity index (χ0n) is 33.7. The SMILES string of the molecule is CC(C)CC1C(=O)OC(C(C)C)C(=O)N(C)C(Cc2ccccc2)C(=O)OC(C(C)C)C(=O)N(C)C(Cc2ccccc2)C(=O)OC(C(C)C)C(=O)N1C. The molecular weight excluding hydrogens is 690 g/mol. The highest BCUT2D eigenvalue weighted by molar-refractivity contribution is 5.94. The van der Waals surface area contributed by atoms with Crippen LogP contribution in [0.4, 0.5) is 0 Å². The van der Waals surface area contributed by atoms with Gasteiger partial charge in [-0.15, -0.1) is 0 Å². The molecule has 296 valence electrons. The minimum Gasteiger partial charge on any atom is -0.450 e. The van der Waals surface area contributed by atoms with Gasteiger partial charge in [-0.2, -0.15) is 0 Å². The number of rotatable bonds is 9. The number of cyclic esters (lactones) is 3. The number of carbonyl (C=O) groups excluding carboxylic acids is 6. The Kier molecular flexibility index (Phi) is 15.8. The number of hydrogen-bond acceptors (Lipinski definition) is 9. The summed E-state index contributed by atoms with van der Waals surface area (Å²) in [4.78, 5) is 89.1. The van der Waals surface area contributed by atoms with E-state index in [9.17, 15) is 28.8 Å². The van der Waals surface area contributed by atoms with Crippen molar-refractivity contribution >= 4 is 35.6 Å². The van der Waals surface area contributed by atoms with Gasteiger partial charge in [0.15, 0.2) is 18.3 Å². The van der Waals surface area contributed by atoms with Gasteiger partial charge in [-0.1, -0.05) is 116 Å². The highest BCUT2D eigenvalue weighted by atomic mass is 16.6. The van der Waals surface area contributed by atoms with Crippen molar-refractivity contribution in [1.82, 2.24) is 14.7 Å². The fourth-order valence-corrected chi connectivity index (χ4v) is 6.38. The number of carbonyl (C=O) groups is 6. The monoisotopic (exact) mass is 749 g/mol. The first kappa shape index (κ1) is 43.7. The van der Waals surface area contributed by atoms with Crippen molar-refractivity contribution in [3.05, 3.63) is 71.8 Å². The number of hydrogen-bond donors (Lipinski definition) is 0. The van der Waals surface area contributed by atoms with Gasteiger partial charge in [-0.05, 0) is 41.2 Å². The van der Waals surface area contributed by atoms with E-state index in [1.165, 1.54) is 35.8 Å². The summed E-state index contributed by atoms with van der Waals surface area (Å²) in [5.74, 6) is -6.05. The van der Waals surface area contributed by atoms with Crippen molar-refractivity contribution in [3.63, 3.8) is 0 Å². The topological polar surface area (TPSA) is 140 Å². The predicted octanol–water partition coefficient (Wildman–Crippen LogP) is 4.72. The molecule has 6 atom stereocenters. The third-order valence-electron chi connectivity index (χ3n) is 9.78. The average Bonchev–Trinajstić information content (AvgIpc) is 3.13. The van der Waals surface area contributed by atoms with Gasteiger partial charge in [-0.3, -0.25) is 14.4 Å². The molecule has 2 aromatic rings. The van der Waals surface area contributed by atoms with Gasteiger partial charge in [0.2, 0.25) is 0 Å². The number of amides is 3. The molecule has 1 fully saturated rings. The molecule has 0 saturated carbocycles. The van der Waals surface area contributed by atoms with E-state index in [1.807, 2.05) is 50.2 Å². The van der Waals surface area contributed by atoms with E-state index in [0.717, 1.165) is 11.1 Å². The maximum Gasteiger partial charge on any atom is 0.329 e. The standard InChI is InChI=1S/C42H59N3O9/c1-25(2)22-31-40(49)52-35(27(5)6)38(47)44(10)33(24-30-20-16-13-17-21-30)42(51)54-36(28(7)8)39(48)45(11)32(23-29-18-14-12-15-19-29)41(50)53-34(26(3)4)37(46)43(31)9/h12-21,25-28,31-36H,22-24H2,1-11H3.